The van der Waals surface area contributed by atoms with E-state index < -0.39 is 58.9 Å². The van der Waals surface area contributed by atoms with Crippen LogP contribution < -0.4 is 5.32 Å². The summed E-state index contributed by atoms with van der Waals surface area (Å²) in [5.41, 5.74) is -0.663. The number of esters is 3. The molecule has 1 aromatic rings. The Labute approximate surface area is 153 Å². The van der Waals surface area contributed by atoms with Crippen LogP contribution in [0.15, 0.2) is 18.2 Å². The van der Waals surface area contributed by atoms with Crippen molar-refractivity contribution in [1.82, 2.24) is 5.32 Å². The number of amides is 1. The first-order valence-electron chi connectivity index (χ1n) is 7.67. The highest BCUT2D eigenvalue weighted by Gasteiger charge is 2.42. The fourth-order valence-electron chi connectivity index (χ4n) is 2.40. The van der Waals surface area contributed by atoms with Crippen LogP contribution in [0.25, 0.3) is 0 Å². The van der Waals surface area contributed by atoms with Gasteiger partial charge in [0.15, 0.2) is 17.6 Å². The zero-order valence-electron chi connectivity index (χ0n) is 15.1. The Bertz CT molecular complexity index is 722. The van der Waals surface area contributed by atoms with Crippen molar-refractivity contribution >= 4 is 23.8 Å². The fraction of sp³-hybridized carbons (Fsp3) is 0.412. The molecular formula is C17H19F2NO7. The van der Waals surface area contributed by atoms with Gasteiger partial charge in [-0.25, -0.2) is 13.6 Å². The second-order valence-electron chi connectivity index (χ2n) is 5.46. The van der Waals surface area contributed by atoms with Crippen LogP contribution in [-0.2, 0) is 28.6 Å². The molecule has 0 spiro atoms. The third-order valence-electron chi connectivity index (χ3n) is 3.90. The van der Waals surface area contributed by atoms with Crippen LogP contribution >= 0.6 is 0 Å². The minimum atomic E-state index is -1.57. The van der Waals surface area contributed by atoms with E-state index in [0.717, 1.165) is 39.5 Å². The summed E-state index contributed by atoms with van der Waals surface area (Å²) in [6, 6.07) is 1.38. The van der Waals surface area contributed by atoms with Crippen molar-refractivity contribution in [2.75, 3.05) is 21.3 Å². The molecule has 0 heterocycles. The van der Waals surface area contributed by atoms with Crippen LogP contribution in [0.5, 0.6) is 0 Å². The zero-order valence-corrected chi connectivity index (χ0v) is 15.1. The Hall–Kier alpha value is -3.04. The Morgan fingerprint density at radius 3 is 1.93 bits per heavy atom. The lowest BCUT2D eigenvalue weighted by Crippen LogP contribution is -2.51. The molecule has 0 radical (unpaired) electrons. The number of rotatable bonds is 7. The molecule has 0 bridgehead atoms. The summed E-state index contributed by atoms with van der Waals surface area (Å²) < 4.78 is 40.8. The normalized spacial score (nSPS) is 12.7. The quantitative estimate of drug-likeness (QED) is 0.419. The van der Waals surface area contributed by atoms with Gasteiger partial charge in [0.1, 0.15) is 6.04 Å². The van der Waals surface area contributed by atoms with E-state index in [-0.39, 0.29) is 0 Å². The van der Waals surface area contributed by atoms with E-state index in [9.17, 15) is 28.0 Å². The smallest absolute Gasteiger partial charge is 0.328 e. The van der Waals surface area contributed by atoms with Crippen LogP contribution in [0.1, 0.15) is 17.3 Å². The summed E-state index contributed by atoms with van der Waals surface area (Å²) in [4.78, 5) is 48.2. The minimum absolute atomic E-state index is 0.663. The predicted octanol–water partition coefficient (Wildman–Crippen LogP) is 0.834. The van der Waals surface area contributed by atoms with Crippen LogP contribution in [0.4, 0.5) is 8.78 Å². The summed E-state index contributed by atoms with van der Waals surface area (Å²) in [7, 11) is 3.07. The van der Waals surface area contributed by atoms with E-state index in [1.54, 1.807) is 0 Å². The van der Waals surface area contributed by atoms with Crippen molar-refractivity contribution in [2.24, 2.45) is 11.8 Å². The molecule has 10 heteroatoms. The third kappa shape index (κ3) is 4.99. The lowest BCUT2D eigenvalue weighted by Gasteiger charge is -2.27. The number of ether oxygens (including phenoxy) is 3. The molecule has 1 amide bonds. The minimum Gasteiger partial charge on any atom is -0.468 e. The van der Waals surface area contributed by atoms with Crippen molar-refractivity contribution in [3.8, 4) is 0 Å². The SMILES string of the molecule is COC(=O)C(C(=O)OC)[C@H](C)[C@H](NC(=O)c1cccc(F)c1F)C(=O)OC. The lowest BCUT2D eigenvalue weighted by molar-refractivity contribution is -0.163. The van der Waals surface area contributed by atoms with Crippen molar-refractivity contribution in [3.63, 3.8) is 0 Å². The topological polar surface area (TPSA) is 108 Å². The Morgan fingerprint density at radius 1 is 0.926 bits per heavy atom. The number of halogens is 2. The maximum atomic E-state index is 13.8. The largest absolute Gasteiger partial charge is 0.468 e. The van der Waals surface area contributed by atoms with Crippen LogP contribution in [0, 0.1) is 23.5 Å². The Morgan fingerprint density at radius 2 is 1.44 bits per heavy atom. The average molecular weight is 387 g/mol. The van der Waals surface area contributed by atoms with Gasteiger partial charge in [-0.05, 0) is 12.1 Å². The highest BCUT2D eigenvalue weighted by molar-refractivity contribution is 5.99. The number of benzene rings is 1. The summed E-state index contributed by atoms with van der Waals surface area (Å²) in [6.45, 7) is 1.29. The van der Waals surface area contributed by atoms with Gasteiger partial charge >= 0.3 is 17.9 Å². The number of nitrogens with one attached hydrogen (secondary N) is 1. The summed E-state index contributed by atoms with van der Waals surface area (Å²) in [5.74, 6) is -9.58. The summed E-state index contributed by atoms with van der Waals surface area (Å²) in [5, 5.41) is 2.15. The van der Waals surface area contributed by atoms with Gasteiger partial charge in [0.2, 0.25) is 0 Å². The maximum Gasteiger partial charge on any atom is 0.328 e. The molecule has 27 heavy (non-hydrogen) atoms. The maximum absolute atomic E-state index is 13.8. The number of carbonyl (C=O) groups excluding carboxylic acids is 4. The molecule has 8 nitrogen and oxygen atoms in total. The van der Waals surface area contributed by atoms with Crippen molar-refractivity contribution < 1.29 is 42.2 Å². The van der Waals surface area contributed by atoms with Crippen LogP contribution in [-0.4, -0.2) is 51.2 Å². The molecule has 0 unspecified atom stereocenters. The molecule has 0 aliphatic heterocycles. The van der Waals surface area contributed by atoms with Gasteiger partial charge in [0.05, 0.1) is 26.9 Å². The summed E-state index contributed by atoms with van der Waals surface area (Å²) in [6.07, 6.45) is 0. The highest BCUT2D eigenvalue weighted by atomic mass is 19.2. The number of hydrogen-bond acceptors (Lipinski definition) is 7. The zero-order chi connectivity index (χ0) is 20.7. The van der Waals surface area contributed by atoms with E-state index in [4.69, 9.17) is 0 Å². The van der Waals surface area contributed by atoms with Crippen molar-refractivity contribution in [2.45, 2.75) is 13.0 Å². The predicted molar refractivity (Wildman–Crippen MR) is 86.3 cm³/mol. The van der Waals surface area contributed by atoms with Crippen molar-refractivity contribution in [1.29, 1.82) is 0 Å². The van der Waals surface area contributed by atoms with Gasteiger partial charge in [-0.3, -0.25) is 14.4 Å². The molecule has 1 rings (SSSR count). The van der Waals surface area contributed by atoms with Gasteiger partial charge in [-0.15, -0.1) is 0 Å². The third-order valence-corrected chi connectivity index (χ3v) is 3.90. The monoisotopic (exact) mass is 387 g/mol. The Kier molecular flexibility index (Phi) is 7.82. The Balaban J connectivity index is 3.22. The standard InChI is InChI=1S/C17H19F2NO7/c1-8(11(15(22)25-2)16(23)26-3)13(17(24)27-4)20-14(21)9-6-5-7-10(18)12(9)19/h5-8,11,13H,1-4H3,(H,20,21)/t8-,13-/m0/s1. The molecule has 1 N–H and O–H groups in total. The van der Waals surface area contributed by atoms with E-state index >= 15 is 0 Å². The van der Waals surface area contributed by atoms with Gasteiger partial charge < -0.3 is 19.5 Å². The molecule has 2 atom stereocenters. The first kappa shape index (κ1) is 22.0. The summed E-state index contributed by atoms with van der Waals surface area (Å²) >= 11 is 0. The molecule has 0 aliphatic carbocycles. The molecule has 1 aromatic carbocycles. The fourth-order valence-corrected chi connectivity index (χ4v) is 2.40. The van der Waals surface area contributed by atoms with E-state index in [1.807, 2.05) is 0 Å². The van der Waals surface area contributed by atoms with Gasteiger partial charge in [0.25, 0.3) is 5.91 Å². The molecule has 0 saturated carbocycles. The van der Waals surface area contributed by atoms with E-state index in [0.29, 0.717) is 0 Å². The second-order valence-corrected chi connectivity index (χ2v) is 5.46. The molecule has 0 saturated heterocycles. The van der Waals surface area contributed by atoms with E-state index in [1.165, 1.54) is 6.92 Å². The highest BCUT2D eigenvalue weighted by Crippen LogP contribution is 2.21. The number of carbonyl (C=O) groups is 4. The second kappa shape index (κ2) is 9.60. The number of hydrogen-bond donors (Lipinski definition) is 1. The molecule has 0 fully saturated rings. The van der Waals surface area contributed by atoms with E-state index in [2.05, 4.69) is 19.5 Å². The van der Waals surface area contributed by atoms with Crippen LogP contribution in [0.2, 0.25) is 0 Å². The van der Waals surface area contributed by atoms with Gasteiger partial charge in [-0.1, -0.05) is 13.0 Å². The average Bonchev–Trinajstić information content (AvgIpc) is 2.66. The van der Waals surface area contributed by atoms with Gasteiger partial charge in [0, 0.05) is 5.92 Å². The molecule has 148 valence electrons. The number of methoxy groups -OCH3 is 3. The molecule has 0 aromatic heterocycles. The first-order valence-corrected chi connectivity index (χ1v) is 7.67. The van der Waals surface area contributed by atoms with Crippen molar-refractivity contribution in [3.05, 3.63) is 35.4 Å². The van der Waals surface area contributed by atoms with Gasteiger partial charge in [-0.2, -0.15) is 0 Å². The molecular weight excluding hydrogens is 368 g/mol. The first-order chi connectivity index (χ1) is 12.7. The lowest BCUT2D eigenvalue weighted by atomic mass is 9.87. The molecule has 0 aliphatic rings. The van der Waals surface area contributed by atoms with Crippen LogP contribution in [0.3, 0.4) is 0 Å².